The Balaban J connectivity index is 1.61. The van der Waals surface area contributed by atoms with Crippen LogP contribution in [-0.2, 0) is 4.79 Å². The molecule has 0 heterocycles. The van der Waals surface area contributed by atoms with E-state index in [-0.39, 0.29) is 17.6 Å². The van der Waals surface area contributed by atoms with Gasteiger partial charge in [-0.15, -0.1) is 0 Å². The van der Waals surface area contributed by atoms with Crippen molar-refractivity contribution in [2.75, 3.05) is 0 Å². The lowest BCUT2D eigenvalue weighted by Crippen LogP contribution is -2.62. The highest BCUT2D eigenvalue weighted by molar-refractivity contribution is 5.75. The molecule has 0 aliphatic heterocycles. The quantitative estimate of drug-likeness (QED) is 0.609. The van der Waals surface area contributed by atoms with E-state index in [9.17, 15) is 15.0 Å². The van der Waals surface area contributed by atoms with Gasteiger partial charge < -0.3 is 15.0 Å². The van der Waals surface area contributed by atoms with Gasteiger partial charge in [0.25, 0.3) is 0 Å². The number of hydrogen-bond acceptors (Lipinski definition) is 3. The number of ketones is 1. The van der Waals surface area contributed by atoms with Crippen molar-refractivity contribution in [3.8, 4) is 0 Å². The van der Waals surface area contributed by atoms with Crippen LogP contribution in [0.5, 0.6) is 0 Å². The van der Waals surface area contributed by atoms with Crippen LogP contribution in [0.1, 0.15) is 98.8 Å². The second kappa shape index (κ2) is 8.18. The Morgan fingerprint density at radius 3 is 2.33 bits per heavy atom. The Kier molecular flexibility index (Phi) is 6.21. The van der Waals surface area contributed by atoms with E-state index in [1.807, 2.05) is 0 Å². The summed E-state index contributed by atoms with van der Waals surface area (Å²) in [7, 11) is 0. The van der Waals surface area contributed by atoms with Gasteiger partial charge in [-0.25, -0.2) is 0 Å². The largest absolute Gasteiger partial charge is 0.393 e. The van der Waals surface area contributed by atoms with Gasteiger partial charge in [-0.1, -0.05) is 34.1 Å². The zero-order chi connectivity index (χ0) is 21.8. The zero-order valence-corrected chi connectivity index (χ0v) is 20.1. The summed E-state index contributed by atoms with van der Waals surface area (Å²) < 4.78 is 0. The van der Waals surface area contributed by atoms with E-state index >= 15 is 0 Å². The number of hydrogen-bond donors (Lipinski definition) is 2. The third-order valence-corrected chi connectivity index (χ3v) is 11.1. The molecule has 4 aliphatic rings. The van der Waals surface area contributed by atoms with Gasteiger partial charge in [0, 0.05) is 6.42 Å². The highest BCUT2D eigenvalue weighted by Gasteiger charge is 2.64. The van der Waals surface area contributed by atoms with Gasteiger partial charge in [0.15, 0.2) is 0 Å². The van der Waals surface area contributed by atoms with Crippen molar-refractivity contribution in [1.82, 2.24) is 0 Å². The van der Waals surface area contributed by atoms with E-state index in [1.165, 1.54) is 25.7 Å². The van der Waals surface area contributed by atoms with Gasteiger partial charge in [0.2, 0.25) is 0 Å². The molecule has 3 heteroatoms. The Morgan fingerprint density at radius 1 is 1.00 bits per heavy atom. The van der Waals surface area contributed by atoms with E-state index in [1.54, 1.807) is 6.92 Å². The summed E-state index contributed by atoms with van der Waals surface area (Å²) in [5.41, 5.74) is 0.595. The van der Waals surface area contributed by atoms with Crippen LogP contribution in [0.4, 0.5) is 0 Å². The molecule has 11 atom stereocenters. The van der Waals surface area contributed by atoms with Crippen LogP contribution in [0.3, 0.4) is 0 Å². The lowest BCUT2D eigenvalue weighted by molar-refractivity contribution is -0.203. The van der Waals surface area contributed by atoms with Crippen LogP contribution in [0.15, 0.2) is 0 Å². The topological polar surface area (TPSA) is 57.5 Å². The predicted molar refractivity (Wildman–Crippen MR) is 121 cm³/mol. The first kappa shape index (κ1) is 22.8. The normalized spacial score (nSPS) is 51.6. The zero-order valence-electron chi connectivity index (χ0n) is 20.1. The number of carbonyl (C=O) groups excluding carboxylic acids is 1. The third kappa shape index (κ3) is 3.41. The Hall–Kier alpha value is -0.410. The average Bonchev–Trinajstić information content (AvgIpc) is 3.05. The minimum atomic E-state index is -0.209. The molecule has 5 unspecified atom stereocenters. The van der Waals surface area contributed by atoms with Crippen molar-refractivity contribution in [2.24, 2.45) is 52.3 Å². The molecule has 0 bridgehead atoms. The van der Waals surface area contributed by atoms with Gasteiger partial charge in [-0.3, -0.25) is 0 Å². The molecule has 0 radical (unpaired) electrons. The summed E-state index contributed by atoms with van der Waals surface area (Å²) in [4.78, 5) is 11.6. The minimum Gasteiger partial charge on any atom is -0.393 e. The Labute approximate surface area is 184 Å². The summed E-state index contributed by atoms with van der Waals surface area (Å²) in [5.74, 6) is 4.06. The molecule has 30 heavy (non-hydrogen) atoms. The number of aliphatic hydroxyl groups is 2. The molecule has 0 spiro atoms. The number of Topliss-reactive ketones (excluding diaryl/α,β-unsaturated/α-hetero) is 1. The lowest BCUT2D eigenvalue weighted by Gasteiger charge is -2.64. The van der Waals surface area contributed by atoms with Crippen LogP contribution < -0.4 is 0 Å². The van der Waals surface area contributed by atoms with Crippen molar-refractivity contribution >= 4 is 5.78 Å². The van der Waals surface area contributed by atoms with E-state index in [0.717, 1.165) is 32.1 Å². The third-order valence-electron chi connectivity index (χ3n) is 11.1. The fraction of sp³-hybridized carbons (Fsp3) is 0.963. The molecular formula is C27H46O3. The summed E-state index contributed by atoms with van der Waals surface area (Å²) in [6.45, 7) is 11.4. The van der Waals surface area contributed by atoms with E-state index in [4.69, 9.17) is 0 Å². The molecule has 4 saturated carbocycles. The number of fused-ring (bicyclic) bond motifs is 5. The molecule has 3 nitrogen and oxygen atoms in total. The van der Waals surface area contributed by atoms with Gasteiger partial charge in [-0.2, -0.15) is 0 Å². The lowest BCUT2D eigenvalue weighted by atomic mass is 9.41. The standard InChI is InChI=1S/C27H46O3/c1-6-19-23-15-18(29)11-13-27(23,5)22-12-14-26(4)20(16(2)7-8-17(3)28)9-10-21(26)24(22)25(19)30/h16,18-25,29-30H,6-15H2,1-5H3/t16-,18-,19-,20-,21?,22?,23?,24?,25?,26-,27-/m1/s1. The van der Waals surface area contributed by atoms with Gasteiger partial charge in [0.1, 0.15) is 5.78 Å². The highest BCUT2D eigenvalue weighted by atomic mass is 16.3. The summed E-state index contributed by atoms with van der Waals surface area (Å²) >= 11 is 0. The van der Waals surface area contributed by atoms with Crippen molar-refractivity contribution in [1.29, 1.82) is 0 Å². The Bertz CT molecular complexity index is 646. The molecule has 0 saturated heterocycles. The summed E-state index contributed by atoms with van der Waals surface area (Å²) in [5, 5.41) is 22.2. The Morgan fingerprint density at radius 2 is 1.67 bits per heavy atom. The molecule has 4 rings (SSSR count). The molecular weight excluding hydrogens is 372 g/mol. The maximum atomic E-state index is 11.7. The van der Waals surface area contributed by atoms with E-state index < -0.39 is 0 Å². The maximum absolute atomic E-state index is 11.7. The fourth-order valence-corrected chi connectivity index (χ4v) is 9.56. The van der Waals surface area contributed by atoms with Crippen molar-refractivity contribution in [2.45, 2.75) is 111 Å². The number of rotatable bonds is 5. The minimum absolute atomic E-state index is 0.173. The van der Waals surface area contributed by atoms with Gasteiger partial charge in [0.05, 0.1) is 12.2 Å². The molecule has 0 aromatic heterocycles. The molecule has 2 N–H and O–H groups in total. The number of carbonyl (C=O) groups is 1. The monoisotopic (exact) mass is 418 g/mol. The summed E-state index contributed by atoms with van der Waals surface area (Å²) in [6.07, 6.45) is 10.4. The average molecular weight is 419 g/mol. The van der Waals surface area contributed by atoms with Crippen molar-refractivity contribution < 1.29 is 15.0 Å². The second-order valence-corrected chi connectivity index (χ2v) is 12.3. The first-order valence-corrected chi connectivity index (χ1v) is 13.0. The fourth-order valence-electron chi connectivity index (χ4n) is 9.56. The SMILES string of the molecule is CC[C@H]1C(O)C2C(CC[C@@]3(C)C2CC[C@@H]3[C@H](C)CCC(C)=O)[C@@]2(C)CC[C@@H](O)CC12. The van der Waals surface area contributed by atoms with Gasteiger partial charge in [-0.05, 0) is 111 Å². The maximum Gasteiger partial charge on any atom is 0.129 e. The predicted octanol–water partition coefficient (Wildman–Crippen LogP) is 5.62. The number of aliphatic hydroxyl groups excluding tert-OH is 2. The van der Waals surface area contributed by atoms with Crippen LogP contribution in [0.2, 0.25) is 0 Å². The summed E-state index contributed by atoms with van der Waals surface area (Å²) in [6, 6.07) is 0. The van der Waals surface area contributed by atoms with Crippen molar-refractivity contribution in [3.05, 3.63) is 0 Å². The molecule has 4 aliphatic carbocycles. The molecule has 172 valence electrons. The smallest absolute Gasteiger partial charge is 0.129 e. The van der Waals surface area contributed by atoms with E-state index in [2.05, 4.69) is 27.7 Å². The van der Waals surface area contributed by atoms with Crippen LogP contribution in [0, 0.1) is 52.3 Å². The van der Waals surface area contributed by atoms with Gasteiger partial charge >= 0.3 is 0 Å². The van der Waals surface area contributed by atoms with E-state index in [0.29, 0.717) is 59.0 Å². The van der Waals surface area contributed by atoms with Crippen LogP contribution in [0.25, 0.3) is 0 Å². The van der Waals surface area contributed by atoms with Crippen LogP contribution >= 0.6 is 0 Å². The van der Waals surface area contributed by atoms with Crippen LogP contribution in [-0.4, -0.2) is 28.2 Å². The molecule has 4 fully saturated rings. The first-order chi connectivity index (χ1) is 14.1. The highest BCUT2D eigenvalue weighted by Crippen LogP contribution is 2.69. The molecule has 0 aromatic carbocycles. The van der Waals surface area contributed by atoms with Crippen molar-refractivity contribution in [3.63, 3.8) is 0 Å². The molecule has 0 aromatic rings. The first-order valence-electron chi connectivity index (χ1n) is 13.0. The molecule has 0 amide bonds. The second-order valence-electron chi connectivity index (χ2n) is 12.3.